The Kier molecular flexibility index (Phi) is 5.97. The second-order valence-electron chi connectivity index (χ2n) is 6.73. The fraction of sp³-hybridized carbons (Fsp3) is 0.875. The van der Waals surface area contributed by atoms with Crippen LogP contribution in [0.25, 0.3) is 0 Å². The van der Waals surface area contributed by atoms with Crippen molar-refractivity contribution >= 4 is 23.6 Å². The topological polar surface area (TPSA) is 66.4 Å². The van der Waals surface area contributed by atoms with Crippen LogP contribution in [0.2, 0.25) is 0 Å². The Morgan fingerprint density at radius 2 is 1.76 bits per heavy atom. The third-order valence-corrected chi connectivity index (χ3v) is 6.24. The van der Waals surface area contributed by atoms with Gasteiger partial charge in [0.15, 0.2) is 0 Å². The molecule has 0 aromatic rings. The molecule has 0 aliphatic heterocycles. The number of carboxylic acids is 1. The summed E-state index contributed by atoms with van der Waals surface area (Å²) in [5.41, 5.74) is -0.285. The van der Waals surface area contributed by atoms with Gasteiger partial charge in [-0.05, 0) is 50.2 Å². The first-order valence-corrected chi connectivity index (χ1v) is 9.36. The van der Waals surface area contributed by atoms with E-state index in [0.29, 0.717) is 12.5 Å². The number of carbonyl (C=O) groups excluding carboxylic acids is 1. The highest BCUT2D eigenvalue weighted by atomic mass is 32.2. The number of rotatable bonds is 6. The van der Waals surface area contributed by atoms with Gasteiger partial charge in [0.25, 0.3) is 0 Å². The van der Waals surface area contributed by atoms with E-state index in [0.717, 1.165) is 43.8 Å². The van der Waals surface area contributed by atoms with Gasteiger partial charge in [0.2, 0.25) is 5.91 Å². The maximum Gasteiger partial charge on any atom is 0.303 e. The van der Waals surface area contributed by atoms with Crippen molar-refractivity contribution in [3.8, 4) is 0 Å². The third-order valence-electron chi connectivity index (χ3n) is 5.10. The fourth-order valence-electron chi connectivity index (χ4n) is 3.92. The lowest BCUT2D eigenvalue weighted by Crippen LogP contribution is -2.40. The predicted octanol–water partition coefficient (Wildman–Crippen LogP) is 3.20. The van der Waals surface area contributed by atoms with Gasteiger partial charge >= 0.3 is 5.97 Å². The van der Waals surface area contributed by atoms with Crippen LogP contribution in [0.15, 0.2) is 0 Å². The molecule has 2 aliphatic carbocycles. The van der Waals surface area contributed by atoms with E-state index in [-0.39, 0.29) is 17.7 Å². The largest absolute Gasteiger partial charge is 0.481 e. The summed E-state index contributed by atoms with van der Waals surface area (Å²) in [7, 11) is 0. The molecule has 0 bridgehead atoms. The lowest BCUT2D eigenvalue weighted by molar-refractivity contribution is -0.140. The SMILES string of the molecule is CSC1CCC(NC(=O)CC2(CC(=O)O)CCCC2)CC1. The molecule has 2 N–H and O–H groups in total. The smallest absolute Gasteiger partial charge is 0.303 e. The molecule has 2 rings (SSSR count). The zero-order chi connectivity index (χ0) is 15.3. The minimum atomic E-state index is -0.773. The number of carboxylic acid groups (broad SMARTS) is 1. The van der Waals surface area contributed by atoms with Gasteiger partial charge in [-0.1, -0.05) is 12.8 Å². The highest BCUT2D eigenvalue weighted by Gasteiger charge is 2.38. The van der Waals surface area contributed by atoms with Crippen molar-refractivity contribution in [2.45, 2.75) is 75.5 Å². The molecule has 2 aliphatic rings. The average Bonchev–Trinajstić information content (AvgIpc) is 2.86. The molecule has 0 radical (unpaired) electrons. The van der Waals surface area contributed by atoms with Gasteiger partial charge < -0.3 is 10.4 Å². The Labute approximate surface area is 131 Å². The van der Waals surface area contributed by atoms with Crippen molar-refractivity contribution in [3.05, 3.63) is 0 Å². The number of aliphatic carboxylic acids is 1. The molecular weight excluding hydrogens is 286 g/mol. The molecule has 0 aromatic carbocycles. The van der Waals surface area contributed by atoms with Gasteiger partial charge in [0.1, 0.15) is 0 Å². The summed E-state index contributed by atoms with van der Waals surface area (Å²) in [5, 5.41) is 13.0. The lowest BCUT2D eigenvalue weighted by Gasteiger charge is -2.31. The van der Waals surface area contributed by atoms with Crippen LogP contribution in [-0.4, -0.2) is 34.5 Å². The minimum absolute atomic E-state index is 0.0609. The molecule has 0 saturated heterocycles. The summed E-state index contributed by atoms with van der Waals surface area (Å²) in [5.74, 6) is -0.712. The monoisotopic (exact) mass is 313 g/mol. The minimum Gasteiger partial charge on any atom is -0.481 e. The van der Waals surface area contributed by atoms with E-state index in [2.05, 4.69) is 11.6 Å². The van der Waals surface area contributed by atoms with Crippen LogP contribution < -0.4 is 5.32 Å². The van der Waals surface area contributed by atoms with Gasteiger partial charge in [0, 0.05) is 17.7 Å². The van der Waals surface area contributed by atoms with Gasteiger partial charge in [-0.25, -0.2) is 0 Å². The number of hydrogen-bond acceptors (Lipinski definition) is 3. The van der Waals surface area contributed by atoms with Crippen molar-refractivity contribution in [1.82, 2.24) is 5.32 Å². The molecule has 0 aromatic heterocycles. The number of thioether (sulfide) groups is 1. The zero-order valence-corrected chi connectivity index (χ0v) is 13.7. The van der Waals surface area contributed by atoms with Gasteiger partial charge in [0.05, 0.1) is 6.42 Å². The van der Waals surface area contributed by atoms with Crippen molar-refractivity contribution in [2.75, 3.05) is 6.26 Å². The third kappa shape index (κ3) is 4.90. The van der Waals surface area contributed by atoms with Gasteiger partial charge in [-0.15, -0.1) is 0 Å². The predicted molar refractivity (Wildman–Crippen MR) is 85.5 cm³/mol. The molecule has 0 heterocycles. The van der Waals surface area contributed by atoms with Crippen molar-refractivity contribution in [3.63, 3.8) is 0 Å². The van der Waals surface area contributed by atoms with Crippen molar-refractivity contribution in [2.24, 2.45) is 5.41 Å². The highest BCUT2D eigenvalue weighted by Crippen LogP contribution is 2.44. The summed E-state index contributed by atoms with van der Waals surface area (Å²) in [6, 6.07) is 0.296. The molecular formula is C16H27NO3S. The van der Waals surface area contributed by atoms with Crippen LogP contribution >= 0.6 is 11.8 Å². The zero-order valence-electron chi connectivity index (χ0n) is 12.9. The van der Waals surface area contributed by atoms with Crippen LogP contribution in [0.5, 0.6) is 0 Å². The molecule has 0 unspecified atom stereocenters. The van der Waals surface area contributed by atoms with Crippen molar-refractivity contribution in [1.29, 1.82) is 0 Å². The Bertz CT molecular complexity index is 372. The Morgan fingerprint density at radius 1 is 1.14 bits per heavy atom. The van der Waals surface area contributed by atoms with Crippen LogP contribution in [0.3, 0.4) is 0 Å². The van der Waals surface area contributed by atoms with Gasteiger partial charge in [-0.3, -0.25) is 9.59 Å². The standard InChI is InChI=1S/C16H27NO3S/c1-21-13-6-4-12(5-7-13)17-14(18)10-16(11-15(19)20)8-2-3-9-16/h12-13H,2-11H2,1H3,(H,17,18)(H,19,20). The number of carbonyl (C=O) groups is 2. The highest BCUT2D eigenvalue weighted by molar-refractivity contribution is 7.99. The fourth-order valence-corrected chi connectivity index (χ4v) is 4.67. The molecule has 2 saturated carbocycles. The first-order chi connectivity index (χ1) is 10.0. The first-order valence-electron chi connectivity index (χ1n) is 8.07. The normalized spacial score (nSPS) is 28.2. The van der Waals surface area contributed by atoms with Crippen LogP contribution in [0.1, 0.15) is 64.2 Å². The quantitative estimate of drug-likeness (QED) is 0.790. The Hall–Kier alpha value is -0.710. The van der Waals surface area contributed by atoms with Gasteiger partial charge in [-0.2, -0.15) is 11.8 Å². The van der Waals surface area contributed by atoms with E-state index < -0.39 is 5.97 Å². The van der Waals surface area contributed by atoms with Crippen LogP contribution in [0.4, 0.5) is 0 Å². The summed E-state index contributed by atoms with van der Waals surface area (Å²) < 4.78 is 0. The Morgan fingerprint density at radius 3 is 2.29 bits per heavy atom. The van der Waals surface area contributed by atoms with E-state index in [1.54, 1.807) is 0 Å². The van der Waals surface area contributed by atoms with Crippen LogP contribution in [0, 0.1) is 5.41 Å². The van der Waals surface area contributed by atoms with E-state index in [4.69, 9.17) is 5.11 Å². The number of nitrogens with one attached hydrogen (secondary N) is 1. The summed E-state index contributed by atoms with van der Waals surface area (Å²) in [4.78, 5) is 23.4. The molecule has 1 amide bonds. The molecule has 0 atom stereocenters. The molecule has 21 heavy (non-hydrogen) atoms. The lowest BCUT2D eigenvalue weighted by atomic mass is 9.79. The maximum absolute atomic E-state index is 12.3. The van der Waals surface area contributed by atoms with E-state index >= 15 is 0 Å². The average molecular weight is 313 g/mol. The Balaban J connectivity index is 1.81. The van der Waals surface area contributed by atoms with E-state index in [9.17, 15) is 9.59 Å². The summed E-state index contributed by atoms with van der Waals surface area (Å²) in [6.07, 6.45) is 11.0. The number of amides is 1. The molecule has 2 fully saturated rings. The molecule has 4 nitrogen and oxygen atoms in total. The molecule has 120 valence electrons. The second-order valence-corrected chi connectivity index (χ2v) is 7.87. The summed E-state index contributed by atoms with van der Waals surface area (Å²) in [6.45, 7) is 0. The molecule has 0 spiro atoms. The van der Waals surface area contributed by atoms with Crippen molar-refractivity contribution < 1.29 is 14.7 Å². The second kappa shape index (κ2) is 7.52. The van der Waals surface area contributed by atoms with Crippen LogP contribution in [-0.2, 0) is 9.59 Å². The first kappa shape index (κ1) is 16.7. The number of hydrogen-bond donors (Lipinski definition) is 2. The summed E-state index contributed by atoms with van der Waals surface area (Å²) >= 11 is 1.92. The van der Waals surface area contributed by atoms with E-state index in [1.165, 1.54) is 12.8 Å². The van der Waals surface area contributed by atoms with E-state index in [1.807, 2.05) is 11.8 Å². The maximum atomic E-state index is 12.3. The molecule has 5 heteroatoms.